The molecule has 3 atom stereocenters. The molecule has 37 heavy (non-hydrogen) atoms. The smallest absolute Gasteiger partial charge is 0.245 e. The number of hydrogen-bond donors (Lipinski definition) is 3. The van der Waals surface area contributed by atoms with Crippen LogP contribution >= 0.6 is 0 Å². The third-order valence-electron chi connectivity index (χ3n) is 6.61. The van der Waals surface area contributed by atoms with Gasteiger partial charge in [-0.05, 0) is 53.1 Å². The molecule has 8 nitrogen and oxygen atoms in total. The van der Waals surface area contributed by atoms with E-state index in [1.807, 2.05) is 26.8 Å². The van der Waals surface area contributed by atoms with Crippen molar-refractivity contribution in [2.24, 2.45) is 11.5 Å². The fourth-order valence-electron chi connectivity index (χ4n) is 4.34. The lowest BCUT2D eigenvalue weighted by atomic mass is 9.84. The summed E-state index contributed by atoms with van der Waals surface area (Å²) in [4.78, 5) is 41.5. The van der Waals surface area contributed by atoms with Crippen molar-refractivity contribution in [2.45, 2.75) is 70.5 Å². The first-order chi connectivity index (χ1) is 17.2. The van der Waals surface area contributed by atoms with Crippen LogP contribution in [0.4, 0.5) is 4.39 Å². The van der Waals surface area contributed by atoms with E-state index >= 15 is 0 Å². The molecule has 202 valence electrons. The van der Waals surface area contributed by atoms with E-state index in [-0.39, 0.29) is 29.8 Å². The highest BCUT2D eigenvalue weighted by molar-refractivity contribution is 5.92. The normalized spacial score (nSPS) is 13.9. The Labute approximate surface area is 218 Å². The number of halogens is 1. The van der Waals surface area contributed by atoms with E-state index in [0.29, 0.717) is 17.5 Å². The Morgan fingerprint density at radius 3 is 1.97 bits per heavy atom. The number of nitrogens with zero attached hydrogens (tertiary/aromatic N) is 2. The van der Waals surface area contributed by atoms with Crippen LogP contribution in [0, 0.1) is 5.82 Å². The average molecular weight is 515 g/mol. The first kappa shape index (κ1) is 29.8. The van der Waals surface area contributed by atoms with Gasteiger partial charge < -0.3 is 26.4 Å². The van der Waals surface area contributed by atoms with Gasteiger partial charge in [-0.25, -0.2) is 4.39 Å². The summed E-state index contributed by atoms with van der Waals surface area (Å²) < 4.78 is 13.2. The minimum absolute atomic E-state index is 0.152. The number of carbonyl (C=O) groups is 3. The molecule has 0 saturated heterocycles. The molecule has 0 aromatic heterocycles. The number of hydrogen-bond acceptors (Lipinski definition) is 5. The van der Waals surface area contributed by atoms with Crippen molar-refractivity contribution in [3.63, 3.8) is 0 Å². The predicted octanol–water partition coefficient (Wildman–Crippen LogP) is 2.49. The van der Waals surface area contributed by atoms with Gasteiger partial charge in [-0.2, -0.15) is 0 Å². The molecule has 0 spiro atoms. The van der Waals surface area contributed by atoms with E-state index < -0.39 is 35.8 Å². The lowest BCUT2D eigenvalue weighted by Gasteiger charge is -2.34. The summed E-state index contributed by atoms with van der Waals surface area (Å²) in [5, 5.41) is 10.3. The highest BCUT2D eigenvalue weighted by atomic mass is 19.1. The Hall–Kier alpha value is -3.46. The van der Waals surface area contributed by atoms with Crippen molar-refractivity contribution in [1.82, 2.24) is 9.80 Å². The molecule has 0 aliphatic heterocycles. The standard InChI is InChI=1S/C28H39FN4O4/c1-7-22(32(5)26(36)21(30)15-17-8-11-19(29)12-9-17)27(37)33(6)23(25(31)35)16-18-10-13-24(34)20(14-18)28(2,3)4/h8-14,21-23,34H,7,15-16,30H2,1-6H3,(H2,31,35)/t21-,22+,23-/m0/s1. The van der Waals surface area contributed by atoms with E-state index in [1.165, 1.54) is 36.0 Å². The monoisotopic (exact) mass is 514 g/mol. The summed E-state index contributed by atoms with van der Waals surface area (Å²) in [6, 6.07) is 8.04. The maximum atomic E-state index is 13.5. The van der Waals surface area contributed by atoms with Crippen LogP contribution in [-0.2, 0) is 32.6 Å². The van der Waals surface area contributed by atoms with Crippen molar-refractivity contribution in [1.29, 1.82) is 0 Å². The van der Waals surface area contributed by atoms with Crippen molar-refractivity contribution in [2.75, 3.05) is 14.1 Å². The SMILES string of the molecule is CC[C@H](C(=O)N(C)[C@@H](Cc1ccc(O)c(C(C)(C)C)c1)C(N)=O)N(C)C(=O)[C@@H](N)Cc1ccc(F)cc1. The van der Waals surface area contributed by atoms with Crippen LogP contribution in [0.5, 0.6) is 5.75 Å². The van der Waals surface area contributed by atoms with Crippen LogP contribution in [0.1, 0.15) is 50.8 Å². The molecule has 2 aromatic rings. The van der Waals surface area contributed by atoms with Gasteiger partial charge >= 0.3 is 0 Å². The Morgan fingerprint density at radius 1 is 0.919 bits per heavy atom. The van der Waals surface area contributed by atoms with Crippen molar-refractivity contribution >= 4 is 17.7 Å². The number of phenolic OH excluding ortho intramolecular Hbond substituents is 1. The van der Waals surface area contributed by atoms with Crippen LogP contribution in [0.25, 0.3) is 0 Å². The molecule has 9 heteroatoms. The molecular formula is C28H39FN4O4. The molecule has 2 rings (SSSR count). The second-order valence-corrected chi connectivity index (χ2v) is 10.5. The highest BCUT2D eigenvalue weighted by Crippen LogP contribution is 2.31. The maximum Gasteiger partial charge on any atom is 0.245 e. The number of likely N-dealkylation sites (N-methyl/N-ethyl adjacent to an activating group) is 2. The van der Waals surface area contributed by atoms with Crippen molar-refractivity contribution in [3.8, 4) is 5.75 Å². The van der Waals surface area contributed by atoms with Gasteiger partial charge in [-0.15, -0.1) is 0 Å². The maximum absolute atomic E-state index is 13.5. The zero-order valence-electron chi connectivity index (χ0n) is 22.5. The minimum atomic E-state index is -0.963. The number of rotatable bonds is 10. The topological polar surface area (TPSA) is 130 Å². The summed E-state index contributed by atoms with van der Waals surface area (Å²) in [6.07, 6.45) is 0.636. The Morgan fingerprint density at radius 2 is 1.46 bits per heavy atom. The summed E-state index contributed by atoms with van der Waals surface area (Å²) in [5.41, 5.74) is 13.6. The second-order valence-electron chi connectivity index (χ2n) is 10.5. The summed E-state index contributed by atoms with van der Waals surface area (Å²) in [6.45, 7) is 7.66. The zero-order valence-corrected chi connectivity index (χ0v) is 22.5. The number of benzene rings is 2. The summed E-state index contributed by atoms with van der Waals surface area (Å²) in [5.74, 6) is -1.79. The van der Waals surface area contributed by atoms with E-state index in [9.17, 15) is 23.9 Å². The van der Waals surface area contributed by atoms with Crippen LogP contribution in [0.3, 0.4) is 0 Å². The third-order valence-corrected chi connectivity index (χ3v) is 6.61. The molecule has 0 aliphatic rings. The van der Waals surface area contributed by atoms with Gasteiger partial charge in [0.25, 0.3) is 0 Å². The third kappa shape index (κ3) is 7.52. The van der Waals surface area contributed by atoms with E-state index in [0.717, 1.165) is 5.56 Å². The Balaban J connectivity index is 2.20. The van der Waals surface area contributed by atoms with Crippen molar-refractivity contribution < 1.29 is 23.9 Å². The molecule has 0 aliphatic carbocycles. The molecule has 0 fully saturated rings. The van der Waals surface area contributed by atoms with E-state index in [4.69, 9.17) is 11.5 Å². The van der Waals surface area contributed by atoms with E-state index in [1.54, 1.807) is 31.2 Å². The number of carbonyl (C=O) groups excluding carboxylic acids is 3. The van der Waals surface area contributed by atoms with Gasteiger partial charge in [0.2, 0.25) is 17.7 Å². The number of nitrogens with two attached hydrogens (primary N) is 2. The molecule has 0 saturated carbocycles. The quantitative estimate of drug-likeness (QED) is 0.449. The molecule has 0 unspecified atom stereocenters. The minimum Gasteiger partial charge on any atom is -0.508 e. The summed E-state index contributed by atoms with van der Waals surface area (Å²) >= 11 is 0. The number of aromatic hydroxyl groups is 1. The van der Waals surface area contributed by atoms with Crippen LogP contribution in [0.15, 0.2) is 42.5 Å². The van der Waals surface area contributed by atoms with Gasteiger partial charge in [-0.1, -0.05) is 52.0 Å². The fraction of sp³-hybridized carbons (Fsp3) is 0.464. The van der Waals surface area contributed by atoms with Crippen molar-refractivity contribution in [3.05, 3.63) is 65.0 Å². The number of primary amides is 1. The average Bonchev–Trinajstić information content (AvgIpc) is 2.83. The van der Waals surface area contributed by atoms with Gasteiger partial charge in [0, 0.05) is 20.5 Å². The number of amides is 3. The second kappa shape index (κ2) is 12.2. The Bertz CT molecular complexity index is 1110. The largest absolute Gasteiger partial charge is 0.508 e. The molecule has 0 bridgehead atoms. The first-order valence-electron chi connectivity index (χ1n) is 12.3. The molecule has 5 N–H and O–H groups in total. The molecule has 3 amide bonds. The lowest BCUT2D eigenvalue weighted by molar-refractivity contribution is -0.147. The molecule has 2 aromatic carbocycles. The van der Waals surface area contributed by atoms with Crippen LogP contribution in [0.2, 0.25) is 0 Å². The molecule has 0 radical (unpaired) electrons. The highest BCUT2D eigenvalue weighted by Gasteiger charge is 2.34. The van der Waals surface area contributed by atoms with Gasteiger partial charge in [0.1, 0.15) is 23.7 Å². The van der Waals surface area contributed by atoms with E-state index in [2.05, 4.69) is 0 Å². The lowest BCUT2D eigenvalue weighted by Crippen LogP contribution is -2.56. The Kier molecular flexibility index (Phi) is 9.80. The molecular weight excluding hydrogens is 475 g/mol. The summed E-state index contributed by atoms with van der Waals surface area (Å²) in [7, 11) is 2.99. The van der Waals surface area contributed by atoms with Gasteiger partial charge in [0.05, 0.1) is 6.04 Å². The fourth-order valence-corrected chi connectivity index (χ4v) is 4.34. The first-order valence-corrected chi connectivity index (χ1v) is 12.3. The predicted molar refractivity (Wildman–Crippen MR) is 141 cm³/mol. The van der Waals surface area contributed by atoms with Crippen LogP contribution in [-0.4, -0.2) is 64.8 Å². The number of phenols is 1. The van der Waals surface area contributed by atoms with Gasteiger partial charge in [-0.3, -0.25) is 14.4 Å². The zero-order chi connectivity index (χ0) is 28.1. The van der Waals surface area contributed by atoms with Gasteiger partial charge in [0.15, 0.2) is 0 Å². The van der Waals surface area contributed by atoms with Crippen LogP contribution < -0.4 is 11.5 Å². The molecule has 0 heterocycles.